The Morgan fingerprint density at radius 1 is 0.889 bits per heavy atom. The number of aliphatic hydroxyl groups excluding tert-OH is 1. The van der Waals surface area contributed by atoms with Gasteiger partial charge in [0.2, 0.25) is 5.91 Å². The molecule has 36 heavy (non-hydrogen) atoms. The number of rotatable bonds is 10. The highest BCUT2D eigenvalue weighted by atomic mass is 19.1. The number of nitrogens with zero attached hydrogens (tertiary/aromatic N) is 2. The lowest BCUT2D eigenvalue weighted by molar-refractivity contribution is -0.143. The Morgan fingerprint density at radius 2 is 1.47 bits per heavy atom. The topological polar surface area (TPSA) is 87.2 Å². The van der Waals surface area contributed by atoms with E-state index in [2.05, 4.69) is 0 Å². The Labute approximate surface area is 207 Å². The highest BCUT2D eigenvalue weighted by Crippen LogP contribution is 2.20. The lowest BCUT2D eigenvalue weighted by Gasteiger charge is -2.34. The third kappa shape index (κ3) is 6.96. The first-order valence-corrected chi connectivity index (χ1v) is 11.1. The van der Waals surface area contributed by atoms with E-state index in [1.165, 1.54) is 7.11 Å². The summed E-state index contributed by atoms with van der Waals surface area (Å²) in [6.45, 7) is -1.26. The van der Waals surface area contributed by atoms with Crippen LogP contribution in [0.2, 0.25) is 0 Å². The van der Waals surface area contributed by atoms with Gasteiger partial charge in [-0.1, -0.05) is 48.5 Å². The van der Waals surface area contributed by atoms with Gasteiger partial charge in [-0.2, -0.15) is 0 Å². The van der Waals surface area contributed by atoms with Crippen molar-refractivity contribution in [2.45, 2.75) is 19.0 Å². The monoisotopic (exact) mass is 496 g/mol. The van der Waals surface area contributed by atoms with Crippen molar-refractivity contribution in [3.8, 4) is 0 Å². The Bertz CT molecular complexity index is 1170. The van der Waals surface area contributed by atoms with Crippen molar-refractivity contribution in [2.75, 3.05) is 25.2 Å². The maximum Gasteiger partial charge on any atom is 0.325 e. The van der Waals surface area contributed by atoms with Gasteiger partial charge >= 0.3 is 5.97 Å². The molecule has 0 heterocycles. The number of carbonyl (C=O) groups excluding carboxylic acids is 3. The lowest BCUT2D eigenvalue weighted by atomic mass is 10.1. The second-order valence-corrected chi connectivity index (χ2v) is 8.00. The summed E-state index contributed by atoms with van der Waals surface area (Å²) >= 11 is 0. The molecule has 0 aliphatic rings. The van der Waals surface area contributed by atoms with Crippen LogP contribution in [0.25, 0.3) is 0 Å². The molecule has 0 aliphatic heterocycles. The maximum atomic E-state index is 13.7. The van der Waals surface area contributed by atoms with Crippen LogP contribution in [0.15, 0.2) is 78.9 Å². The van der Waals surface area contributed by atoms with Crippen LogP contribution in [-0.4, -0.2) is 54.1 Å². The van der Waals surface area contributed by atoms with E-state index in [-0.39, 0.29) is 12.1 Å². The first-order valence-electron chi connectivity index (χ1n) is 11.1. The van der Waals surface area contributed by atoms with E-state index >= 15 is 0 Å². The molecule has 0 saturated heterocycles. The first kappa shape index (κ1) is 26.5. The molecule has 0 spiro atoms. The third-order valence-corrected chi connectivity index (χ3v) is 5.48. The van der Waals surface area contributed by atoms with Gasteiger partial charge in [0.05, 0.1) is 20.1 Å². The zero-order valence-electron chi connectivity index (χ0n) is 19.6. The van der Waals surface area contributed by atoms with E-state index in [0.29, 0.717) is 17.3 Å². The molecular formula is C27H26F2N2O5. The van der Waals surface area contributed by atoms with Crippen molar-refractivity contribution in [1.82, 2.24) is 4.90 Å². The average Bonchev–Trinajstić information content (AvgIpc) is 2.87. The number of aliphatic hydroxyl groups is 1. The van der Waals surface area contributed by atoms with Gasteiger partial charge in [-0.15, -0.1) is 0 Å². The molecule has 0 bridgehead atoms. The van der Waals surface area contributed by atoms with Crippen molar-refractivity contribution in [1.29, 1.82) is 0 Å². The van der Waals surface area contributed by atoms with Crippen molar-refractivity contribution in [3.05, 3.63) is 102 Å². The smallest absolute Gasteiger partial charge is 0.325 e. The second kappa shape index (κ2) is 12.6. The van der Waals surface area contributed by atoms with Gasteiger partial charge in [0, 0.05) is 18.3 Å². The van der Waals surface area contributed by atoms with Gasteiger partial charge in [-0.05, 0) is 35.4 Å². The summed E-state index contributed by atoms with van der Waals surface area (Å²) in [4.78, 5) is 41.4. The molecule has 9 heteroatoms. The number of esters is 1. The van der Waals surface area contributed by atoms with Gasteiger partial charge in [0.15, 0.2) is 0 Å². The molecule has 3 rings (SSSR count). The van der Waals surface area contributed by atoms with E-state index in [9.17, 15) is 28.3 Å². The normalized spacial score (nSPS) is 11.4. The van der Waals surface area contributed by atoms with E-state index in [0.717, 1.165) is 21.9 Å². The quantitative estimate of drug-likeness (QED) is 0.436. The summed E-state index contributed by atoms with van der Waals surface area (Å²) in [5, 5.41) is 10.3. The van der Waals surface area contributed by atoms with Crippen molar-refractivity contribution < 1.29 is 33.0 Å². The Balaban J connectivity index is 1.98. The fraction of sp³-hybridized carbons (Fsp3) is 0.222. The van der Waals surface area contributed by atoms with E-state index in [1.807, 2.05) is 0 Å². The molecule has 1 atom stereocenters. The SMILES string of the molecule is COC(=O)CN(C(=O)[C@H](CO)N(Cc1ccccc1)C(=O)Cc1cc(F)cc(F)c1)c1ccccc1. The summed E-state index contributed by atoms with van der Waals surface area (Å²) in [6, 6.07) is 18.4. The van der Waals surface area contributed by atoms with Crippen LogP contribution in [0.1, 0.15) is 11.1 Å². The highest BCUT2D eigenvalue weighted by molar-refractivity contribution is 6.02. The van der Waals surface area contributed by atoms with Gasteiger partial charge < -0.3 is 14.7 Å². The number of methoxy groups -OCH3 is 1. The molecule has 3 aromatic carbocycles. The molecule has 7 nitrogen and oxygen atoms in total. The molecule has 0 aromatic heterocycles. The lowest BCUT2D eigenvalue weighted by Crippen LogP contribution is -2.54. The highest BCUT2D eigenvalue weighted by Gasteiger charge is 2.34. The molecule has 2 amide bonds. The van der Waals surface area contributed by atoms with Crippen LogP contribution in [0.3, 0.4) is 0 Å². The number of benzene rings is 3. The predicted octanol–water partition coefficient (Wildman–Crippen LogP) is 3.10. The summed E-state index contributed by atoms with van der Waals surface area (Å²) in [5.41, 5.74) is 1.11. The summed E-state index contributed by atoms with van der Waals surface area (Å²) in [5.74, 6) is -3.72. The van der Waals surface area contributed by atoms with Crippen LogP contribution in [0, 0.1) is 11.6 Å². The number of carbonyl (C=O) groups is 3. The van der Waals surface area contributed by atoms with Crippen LogP contribution in [0.4, 0.5) is 14.5 Å². The number of amides is 2. The second-order valence-electron chi connectivity index (χ2n) is 8.00. The molecule has 3 aromatic rings. The Morgan fingerprint density at radius 3 is 2.03 bits per heavy atom. The van der Waals surface area contributed by atoms with E-state index in [4.69, 9.17) is 4.74 Å². The van der Waals surface area contributed by atoms with Gasteiger partial charge in [-0.3, -0.25) is 19.3 Å². The molecule has 188 valence electrons. The van der Waals surface area contributed by atoms with Crippen molar-refractivity contribution >= 4 is 23.5 Å². The number of halogens is 2. The van der Waals surface area contributed by atoms with Crippen LogP contribution in [-0.2, 0) is 32.1 Å². The zero-order chi connectivity index (χ0) is 26.1. The number of ether oxygens (including phenoxy) is 1. The van der Waals surface area contributed by atoms with Crippen LogP contribution >= 0.6 is 0 Å². The summed E-state index contributed by atoms with van der Waals surface area (Å²) < 4.78 is 32.2. The maximum absolute atomic E-state index is 13.7. The molecule has 0 unspecified atom stereocenters. The van der Waals surface area contributed by atoms with Crippen molar-refractivity contribution in [3.63, 3.8) is 0 Å². The summed E-state index contributed by atoms with van der Waals surface area (Å²) in [7, 11) is 1.18. The largest absolute Gasteiger partial charge is 0.468 e. The van der Waals surface area contributed by atoms with Gasteiger partial charge in [0.25, 0.3) is 5.91 Å². The van der Waals surface area contributed by atoms with Crippen LogP contribution in [0.5, 0.6) is 0 Å². The molecule has 0 fully saturated rings. The number of hydrogen-bond acceptors (Lipinski definition) is 5. The molecule has 0 radical (unpaired) electrons. The molecule has 0 aliphatic carbocycles. The summed E-state index contributed by atoms with van der Waals surface area (Å²) in [6.07, 6.45) is -0.409. The fourth-order valence-electron chi connectivity index (χ4n) is 3.73. The van der Waals surface area contributed by atoms with E-state index in [1.54, 1.807) is 60.7 Å². The van der Waals surface area contributed by atoms with Crippen molar-refractivity contribution in [2.24, 2.45) is 0 Å². The number of para-hydroxylation sites is 1. The standard InChI is InChI=1S/C27H26F2N2O5/c1-36-26(34)17-30(23-10-6-3-7-11-23)27(35)24(18-32)31(16-19-8-4-2-5-9-19)25(33)14-20-12-21(28)15-22(29)13-20/h2-13,15,24,32H,14,16-18H2,1H3/t24-/m0/s1. The first-order chi connectivity index (χ1) is 17.3. The minimum Gasteiger partial charge on any atom is -0.468 e. The van der Waals surface area contributed by atoms with E-state index < -0.39 is 55.0 Å². The minimum absolute atomic E-state index is 0.0602. The molecular weight excluding hydrogens is 470 g/mol. The van der Waals surface area contributed by atoms with Gasteiger partial charge in [-0.25, -0.2) is 8.78 Å². The predicted molar refractivity (Wildman–Crippen MR) is 129 cm³/mol. The Hall–Kier alpha value is -4.11. The average molecular weight is 497 g/mol. The zero-order valence-corrected chi connectivity index (χ0v) is 19.6. The Kier molecular flexibility index (Phi) is 9.24. The molecule has 1 N–H and O–H groups in total. The fourth-order valence-corrected chi connectivity index (χ4v) is 3.73. The molecule has 0 saturated carbocycles. The third-order valence-electron chi connectivity index (χ3n) is 5.48. The van der Waals surface area contributed by atoms with Gasteiger partial charge in [0.1, 0.15) is 24.2 Å². The number of anilines is 1. The number of hydrogen-bond donors (Lipinski definition) is 1. The minimum atomic E-state index is -1.39. The van der Waals surface area contributed by atoms with Crippen LogP contribution < -0.4 is 4.90 Å².